The molecular formula is C23H34N4O4. The molecule has 1 fully saturated rings. The highest BCUT2D eigenvalue weighted by molar-refractivity contribution is 5.72. The highest BCUT2D eigenvalue weighted by Crippen LogP contribution is 2.19. The van der Waals surface area contributed by atoms with Crippen LogP contribution in [-0.2, 0) is 29.2 Å². The predicted molar refractivity (Wildman–Crippen MR) is 118 cm³/mol. The van der Waals surface area contributed by atoms with Gasteiger partial charge in [-0.15, -0.1) is 0 Å². The minimum absolute atomic E-state index is 0.0169. The van der Waals surface area contributed by atoms with E-state index in [1.54, 1.807) is 0 Å². The fourth-order valence-corrected chi connectivity index (χ4v) is 3.79. The summed E-state index contributed by atoms with van der Waals surface area (Å²) in [6, 6.07) is 7.92. The number of carbonyl (C=O) groups is 1. The van der Waals surface area contributed by atoms with Gasteiger partial charge >= 0.3 is 5.97 Å². The lowest BCUT2D eigenvalue weighted by Gasteiger charge is -2.31. The summed E-state index contributed by atoms with van der Waals surface area (Å²) >= 11 is 0. The minimum Gasteiger partial charge on any atom is -0.491 e. The van der Waals surface area contributed by atoms with E-state index in [0.717, 1.165) is 51.3 Å². The fourth-order valence-electron chi connectivity index (χ4n) is 3.79. The van der Waals surface area contributed by atoms with E-state index < -0.39 is 6.10 Å². The molecule has 1 aromatic carbocycles. The summed E-state index contributed by atoms with van der Waals surface area (Å²) in [5.74, 6) is 0.600. The lowest BCUT2D eigenvalue weighted by Crippen LogP contribution is -2.42. The predicted octanol–water partition coefficient (Wildman–Crippen LogP) is 1.82. The van der Waals surface area contributed by atoms with Gasteiger partial charge in [-0.25, -0.2) is 0 Å². The Bertz CT molecular complexity index is 800. The number of rotatable bonds is 11. The second-order valence-corrected chi connectivity index (χ2v) is 8.01. The smallest absolute Gasteiger partial charge is 0.308 e. The molecule has 2 N–H and O–H groups in total. The number of β-amino-alcohol motifs (C(OH)–C–C–N with tert-alkyl or cyclic N) is 1. The monoisotopic (exact) mass is 430 g/mol. The molecule has 8 nitrogen and oxygen atoms in total. The Morgan fingerprint density at radius 1 is 1.23 bits per heavy atom. The molecule has 0 amide bonds. The lowest BCUT2D eigenvalue weighted by atomic mass is 9.97. The summed E-state index contributed by atoms with van der Waals surface area (Å²) in [6.07, 6.45) is 4.92. The molecule has 2 heterocycles. The molecule has 0 aliphatic carbocycles. The van der Waals surface area contributed by atoms with Crippen molar-refractivity contribution in [2.45, 2.75) is 45.5 Å². The van der Waals surface area contributed by atoms with Crippen molar-refractivity contribution in [3.05, 3.63) is 47.8 Å². The molecule has 1 aromatic heterocycles. The van der Waals surface area contributed by atoms with E-state index in [4.69, 9.17) is 9.47 Å². The number of nitrogens with one attached hydrogen (secondary N) is 1. The topological polar surface area (TPSA) is 88.9 Å². The van der Waals surface area contributed by atoms with Crippen LogP contribution in [-0.4, -0.2) is 65.2 Å². The van der Waals surface area contributed by atoms with E-state index in [9.17, 15) is 9.90 Å². The van der Waals surface area contributed by atoms with Crippen molar-refractivity contribution in [3.8, 4) is 5.75 Å². The number of likely N-dealkylation sites (tertiary alicyclic amines) is 1. The quantitative estimate of drug-likeness (QED) is 0.526. The van der Waals surface area contributed by atoms with Crippen molar-refractivity contribution in [3.63, 3.8) is 0 Å². The van der Waals surface area contributed by atoms with Crippen molar-refractivity contribution in [2.24, 2.45) is 5.92 Å². The Hall–Kier alpha value is -2.42. The third-order valence-electron chi connectivity index (χ3n) is 5.63. The van der Waals surface area contributed by atoms with Crippen LogP contribution >= 0.6 is 0 Å². The second-order valence-electron chi connectivity index (χ2n) is 8.01. The fraction of sp³-hybridized carbons (Fsp3) is 0.565. The van der Waals surface area contributed by atoms with Gasteiger partial charge in [-0.3, -0.25) is 9.48 Å². The molecular weight excluding hydrogens is 396 g/mol. The molecule has 2 aromatic rings. The number of nitrogens with zero attached hydrogens (tertiary/aromatic N) is 3. The molecule has 1 aliphatic heterocycles. The van der Waals surface area contributed by atoms with Crippen LogP contribution < -0.4 is 10.1 Å². The molecule has 0 radical (unpaired) electrons. The first-order valence-electron chi connectivity index (χ1n) is 11.0. The van der Waals surface area contributed by atoms with Gasteiger partial charge in [0.2, 0.25) is 0 Å². The normalized spacial score (nSPS) is 16.2. The maximum absolute atomic E-state index is 11.6. The van der Waals surface area contributed by atoms with Crippen LogP contribution in [0, 0.1) is 5.92 Å². The van der Waals surface area contributed by atoms with Crippen molar-refractivity contribution >= 4 is 5.97 Å². The number of methoxy groups -OCH3 is 1. The van der Waals surface area contributed by atoms with E-state index in [1.165, 1.54) is 18.2 Å². The Balaban J connectivity index is 1.32. The van der Waals surface area contributed by atoms with Crippen LogP contribution in [0.25, 0.3) is 0 Å². The summed E-state index contributed by atoms with van der Waals surface area (Å²) < 4.78 is 12.5. The molecule has 8 heteroatoms. The van der Waals surface area contributed by atoms with Crippen molar-refractivity contribution in [1.29, 1.82) is 0 Å². The van der Waals surface area contributed by atoms with Gasteiger partial charge in [-0.1, -0.05) is 12.1 Å². The van der Waals surface area contributed by atoms with Crippen LogP contribution in [0.5, 0.6) is 5.75 Å². The summed E-state index contributed by atoms with van der Waals surface area (Å²) in [4.78, 5) is 13.8. The summed E-state index contributed by atoms with van der Waals surface area (Å²) in [7, 11) is 1.43. The van der Waals surface area contributed by atoms with Gasteiger partial charge in [0.25, 0.3) is 0 Å². The van der Waals surface area contributed by atoms with Crippen LogP contribution in [0.2, 0.25) is 0 Å². The number of aliphatic hydroxyl groups excluding tert-OH is 1. The summed E-state index contributed by atoms with van der Waals surface area (Å²) in [5.41, 5.74) is 2.34. The van der Waals surface area contributed by atoms with E-state index >= 15 is 0 Å². The van der Waals surface area contributed by atoms with E-state index in [0.29, 0.717) is 6.54 Å². The number of aryl methyl sites for hydroxylation is 1. The number of esters is 1. The number of hydrogen-bond acceptors (Lipinski definition) is 7. The number of piperidine rings is 1. The maximum Gasteiger partial charge on any atom is 0.308 e. The number of aliphatic hydroxyl groups is 1. The van der Waals surface area contributed by atoms with Crippen molar-refractivity contribution in [1.82, 2.24) is 20.0 Å². The van der Waals surface area contributed by atoms with E-state index in [2.05, 4.69) is 28.4 Å². The molecule has 3 rings (SSSR count). The third kappa shape index (κ3) is 7.34. The second kappa shape index (κ2) is 11.8. The van der Waals surface area contributed by atoms with Gasteiger partial charge in [-0.2, -0.15) is 5.10 Å². The Labute approximate surface area is 184 Å². The van der Waals surface area contributed by atoms with E-state index in [-0.39, 0.29) is 18.5 Å². The first-order valence-corrected chi connectivity index (χ1v) is 11.0. The van der Waals surface area contributed by atoms with Gasteiger partial charge in [0.05, 0.1) is 19.2 Å². The molecule has 0 saturated carbocycles. The van der Waals surface area contributed by atoms with Gasteiger partial charge in [-0.05, 0) is 50.6 Å². The number of aromatic nitrogens is 2. The molecule has 0 spiro atoms. The summed E-state index contributed by atoms with van der Waals surface area (Å²) in [6.45, 7) is 6.87. The van der Waals surface area contributed by atoms with Gasteiger partial charge < -0.3 is 24.8 Å². The summed E-state index contributed by atoms with van der Waals surface area (Å²) in [5, 5.41) is 18.0. The zero-order valence-corrected chi connectivity index (χ0v) is 18.5. The largest absolute Gasteiger partial charge is 0.491 e. The van der Waals surface area contributed by atoms with E-state index in [1.807, 2.05) is 35.1 Å². The van der Waals surface area contributed by atoms with Crippen LogP contribution in [0.4, 0.5) is 0 Å². The molecule has 1 atom stereocenters. The van der Waals surface area contributed by atoms with Crippen molar-refractivity contribution in [2.75, 3.05) is 33.4 Å². The maximum atomic E-state index is 11.6. The first-order chi connectivity index (χ1) is 15.1. The first kappa shape index (κ1) is 23.2. The average molecular weight is 431 g/mol. The molecule has 1 unspecified atom stereocenters. The Morgan fingerprint density at radius 2 is 1.94 bits per heavy atom. The molecule has 1 saturated heterocycles. The van der Waals surface area contributed by atoms with Gasteiger partial charge in [0, 0.05) is 37.9 Å². The Morgan fingerprint density at radius 3 is 2.58 bits per heavy atom. The number of hydrogen-bond donors (Lipinski definition) is 2. The highest BCUT2D eigenvalue weighted by atomic mass is 16.5. The Kier molecular flexibility index (Phi) is 8.87. The lowest BCUT2D eigenvalue weighted by molar-refractivity contribution is -0.147. The minimum atomic E-state index is -0.569. The number of benzene rings is 1. The average Bonchev–Trinajstić information content (AvgIpc) is 3.26. The number of carbonyl (C=O) groups excluding carboxylic acids is 1. The molecule has 1 aliphatic rings. The zero-order chi connectivity index (χ0) is 22.1. The van der Waals surface area contributed by atoms with Crippen LogP contribution in [0.3, 0.4) is 0 Å². The number of ether oxygens (including phenoxy) is 2. The van der Waals surface area contributed by atoms with Gasteiger partial charge in [0.1, 0.15) is 18.5 Å². The standard InChI is InChI=1S/C23H34N4O4/c1-3-27-15-19(14-25-27)13-24-12-18-4-6-22(7-5-18)31-17-21(28)16-26-10-8-20(9-11-26)23(29)30-2/h4-7,14-15,20-21,24,28H,3,8-13,16-17H2,1-2H3. The molecule has 170 valence electrons. The molecule has 31 heavy (non-hydrogen) atoms. The van der Waals surface area contributed by atoms with Crippen LogP contribution in [0.1, 0.15) is 30.9 Å². The highest BCUT2D eigenvalue weighted by Gasteiger charge is 2.26. The van der Waals surface area contributed by atoms with Crippen molar-refractivity contribution < 1.29 is 19.4 Å². The van der Waals surface area contributed by atoms with Crippen LogP contribution in [0.15, 0.2) is 36.7 Å². The SMILES string of the molecule is CCn1cc(CNCc2ccc(OCC(O)CN3CCC(C(=O)OC)CC3)cc2)cn1. The molecule has 0 bridgehead atoms. The van der Waals surface area contributed by atoms with Gasteiger partial charge in [0.15, 0.2) is 0 Å². The zero-order valence-electron chi connectivity index (χ0n) is 18.5. The third-order valence-corrected chi connectivity index (χ3v) is 5.63.